The Labute approximate surface area is 96.9 Å². The highest BCUT2D eigenvalue weighted by molar-refractivity contribution is 9.10. The van der Waals surface area contributed by atoms with Crippen LogP contribution in [0.5, 0.6) is 0 Å². The quantitative estimate of drug-likeness (QED) is 0.932. The summed E-state index contributed by atoms with van der Waals surface area (Å²) in [6.07, 6.45) is 0. The van der Waals surface area contributed by atoms with Gasteiger partial charge in [-0.15, -0.1) is 0 Å². The molecule has 0 bridgehead atoms. The Balaban J connectivity index is 3.05. The molecule has 0 aliphatic heterocycles. The highest BCUT2D eigenvalue weighted by Crippen LogP contribution is 2.21. The number of sulfonamides is 1. The third-order valence-corrected chi connectivity index (χ3v) is 4.04. The van der Waals surface area contributed by atoms with Crippen molar-refractivity contribution in [1.82, 2.24) is 0 Å². The van der Waals surface area contributed by atoms with Crippen molar-refractivity contribution in [2.75, 3.05) is 4.72 Å². The Morgan fingerprint density at radius 2 is 2.00 bits per heavy atom. The first-order valence-electron chi connectivity index (χ1n) is 4.29. The number of hydrogen-bond donors (Lipinski definition) is 1. The van der Waals surface area contributed by atoms with E-state index >= 15 is 0 Å². The first-order chi connectivity index (χ1) is 6.83. The molecule has 0 saturated heterocycles. The minimum absolute atomic E-state index is 0.0434. The molecule has 0 unspecified atom stereocenters. The zero-order chi connectivity index (χ0) is 11.6. The molecule has 1 rings (SSSR count). The molecule has 0 radical (unpaired) electrons. The van der Waals surface area contributed by atoms with Gasteiger partial charge in [0.1, 0.15) is 5.82 Å². The molecular formula is C9H11BrFNO2S. The van der Waals surface area contributed by atoms with Gasteiger partial charge in [-0.05, 0) is 32.0 Å². The van der Waals surface area contributed by atoms with Gasteiger partial charge < -0.3 is 0 Å². The van der Waals surface area contributed by atoms with E-state index in [-0.39, 0.29) is 5.69 Å². The number of anilines is 1. The summed E-state index contributed by atoms with van der Waals surface area (Å²) in [6.45, 7) is 3.05. The fourth-order valence-electron chi connectivity index (χ4n) is 0.847. The Morgan fingerprint density at radius 3 is 2.53 bits per heavy atom. The molecule has 0 heterocycles. The van der Waals surface area contributed by atoms with Crippen molar-refractivity contribution in [2.24, 2.45) is 0 Å². The summed E-state index contributed by atoms with van der Waals surface area (Å²) < 4.78 is 39.0. The maximum atomic E-state index is 13.2. The average molecular weight is 296 g/mol. The maximum absolute atomic E-state index is 13.2. The smallest absolute Gasteiger partial charge is 0.235 e. The highest BCUT2D eigenvalue weighted by atomic mass is 79.9. The molecule has 1 aromatic rings. The molecule has 0 aliphatic carbocycles. The van der Waals surface area contributed by atoms with E-state index in [1.54, 1.807) is 0 Å². The maximum Gasteiger partial charge on any atom is 0.235 e. The average Bonchev–Trinajstić information content (AvgIpc) is 2.10. The number of hydrogen-bond acceptors (Lipinski definition) is 2. The van der Waals surface area contributed by atoms with Crippen LogP contribution in [0.15, 0.2) is 22.7 Å². The molecule has 15 heavy (non-hydrogen) atoms. The number of halogens is 2. The van der Waals surface area contributed by atoms with Crippen molar-refractivity contribution in [3.63, 3.8) is 0 Å². The monoisotopic (exact) mass is 295 g/mol. The molecule has 0 spiro atoms. The van der Waals surface area contributed by atoms with Crippen LogP contribution in [-0.4, -0.2) is 13.7 Å². The Morgan fingerprint density at radius 1 is 1.40 bits per heavy atom. The first kappa shape index (κ1) is 12.4. The lowest BCUT2D eigenvalue weighted by Gasteiger charge is -2.11. The molecule has 1 aromatic carbocycles. The van der Waals surface area contributed by atoms with E-state index in [4.69, 9.17) is 0 Å². The van der Waals surface area contributed by atoms with Crippen LogP contribution in [0.1, 0.15) is 13.8 Å². The normalized spacial score (nSPS) is 11.8. The van der Waals surface area contributed by atoms with Gasteiger partial charge in [-0.1, -0.05) is 15.9 Å². The number of rotatable bonds is 3. The lowest BCUT2D eigenvalue weighted by Crippen LogP contribution is -2.23. The summed E-state index contributed by atoms with van der Waals surface area (Å²) in [5, 5.41) is -0.601. The lowest BCUT2D eigenvalue weighted by molar-refractivity contribution is 0.590. The van der Waals surface area contributed by atoms with E-state index in [0.29, 0.717) is 4.47 Å². The Bertz CT molecular complexity index is 459. The summed E-state index contributed by atoms with van der Waals surface area (Å²) in [5.41, 5.74) is -0.0434. The van der Waals surface area contributed by atoms with Gasteiger partial charge in [-0.3, -0.25) is 4.72 Å². The summed E-state index contributed by atoms with van der Waals surface area (Å²) in [7, 11) is -3.50. The van der Waals surface area contributed by atoms with E-state index in [1.165, 1.54) is 32.0 Å². The zero-order valence-electron chi connectivity index (χ0n) is 8.29. The molecule has 0 aliphatic rings. The topological polar surface area (TPSA) is 46.2 Å². The van der Waals surface area contributed by atoms with Crippen molar-refractivity contribution in [3.8, 4) is 0 Å². The van der Waals surface area contributed by atoms with E-state index in [1.807, 2.05) is 0 Å². The fraction of sp³-hybridized carbons (Fsp3) is 0.333. The number of nitrogens with one attached hydrogen (secondary N) is 1. The van der Waals surface area contributed by atoms with Crippen molar-refractivity contribution >= 4 is 31.6 Å². The van der Waals surface area contributed by atoms with Gasteiger partial charge in [0.25, 0.3) is 0 Å². The van der Waals surface area contributed by atoms with Crippen molar-refractivity contribution < 1.29 is 12.8 Å². The predicted octanol–water partition coefficient (Wildman–Crippen LogP) is 2.74. The van der Waals surface area contributed by atoms with Gasteiger partial charge in [0.05, 0.1) is 10.9 Å². The third-order valence-electron chi connectivity index (χ3n) is 1.80. The van der Waals surface area contributed by atoms with Gasteiger partial charge in [-0.25, -0.2) is 12.8 Å². The molecule has 0 fully saturated rings. The number of benzene rings is 1. The summed E-state index contributed by atoms with van der Waals surface area (Å²) in [4.78, 5) is 0. The van der Waals surface area contributed by atoms with Gasteiger partial charge in [-0.2, -0.15) is 0 Å². The van der Waals surface area contributed by atoms with Gasteiger partial charge >= 0.3 is 0 Å². The molecule has 6 heteroatoms. The Kier molecular flexibility index (Phi) is 3.72. The second-order valence-corrected chi connectivity index (χ2v) is 6.47. The third kappa shape index (κ3) is 3.17. The van der Waals surface area contributed by atoms with E-state index in [0.717, 1.165) is 0 Å². The van der Waals surface area contributed by atoms with Gasteiger partial charge in [0, 0.05) is 4.47 Å². The van der Waals surface area contributed by atoms with Crippen molar-refractivity contribution in [3.05, 3.63) is 28.5 Å². The summed E-state index contributed by atoms with van der Waals surface area (Å²) in [6, 6.07) is 4.08. The van der Waals surface area contributed by atoms with Crippen LogP contribution in [0.3, 0.4) is 0 Å². The minimum Gasteiger partial charge on any atom is -0.280 e. The van der Waals surface area contributed by atoms with Crippen LogP contribution >= 0.6 is 15.9 Å². The zero-order valence-corrected chi connectivity index (χ0v) is 10.7. The molecule has 0 aromatic heterocycles. The van der Waals surface area contributed by atoms with Crippen molar-refractivity contribution in [1.29, 1.82) is 0 Å². The SMILES string of the molecule is CC(C)S(=O)(=O)Nc1cc(Br)ccc1F. The largest absolute Gasteiger partial charge is 0.280 e. The van der Waals surface area contributed by atoms with E-state index in [9.17, 15) is 12.8 Å². The van der Waals surface area contributed by atoms with Crippen LogP contribution in [0.2, 0.25) is 0 Å². The Hall–Kier alpha value is -0.620. The standard InChI is InChI=1S/C9H11BrFNO2S/c1-6(2)15(13,14)12-9-5-7(10)3-4-8(9)11/h3-6,12H,1-2H3. The predicted molar refractivity (Wildman–Crippen MR) is 61.8 cm³/mol. The van der Waals surface area contributed by atoms with E-state index in [2.05, 4.69) is 20.7 Å². The van der Waals surface area contributed by atoms with Gasteiger partial charge in [0.15, 0.2) is 0 Å². The van der Waals surface area contributed by atoms with Crippen LogP contribution < -0.4 is 4.72 Å². The first-order valence-corrected chi connectivity index (χ1v) is 6.63. The highest BCUT2D eigenvalue weighted by Gasteiger charge is 2.17. The summed E-state index contributed by atoms with van der Waals surface area (Å²) in [5.74, 6) is -0.595. The van der Waals surface area contributed by atoms with Crippen LogP contribution in [0, 0.1) is 5.82 Å². The van der Waals surface area contributed by atoms with Crippen LogP contribution in [-0.2, 0) is 10.0 Å². The van der Waals surface area contributed by atoms with Gasteiger partial charge in [0.2, 0.25) is 10.0 Å². The molecule has 0 atom stereocenters. The van der Waals surface area contributed by atoms with Crippen molar-refractivity contribution in [2.45, 2.75) is 19.1 Å². The second-order valence-electron chi connectivity index (χ2n) is 3.32. The molecule has 84 valence electrons. The second kappa shape index (κ2) is 4.49. The lowest BCUT2D eigenvalue weighted by atomic mass is 10.3. The van der Waals surface area contributed by atoms with Crippen LogP contribution in [0.25, 0.3) is 0 Å². The van der Waals surface area contributed by atoms with E-state index < -0.39 is 21.1 Å². The van der Waals surface area contributed by atoms with Crippen LogP contribution in [0.4, 0.5) is 10.1 Å². The molecule has 3 nitrogen and oxygen atoms in total. The molecule has 0 amide bonds. The molecular weight excluding hydrogens is 285 g/mol. The summed E-state index contributed by atoms with van der Waals surface area (Å²) >= 11 is 3.14. The minimum atomic E-state index is -3.50. The molecule has 0 saturated carbocycles. The fourth-order valence-corrected chi connectivity index (χ4v) is 1.91. The molecule has 1 N–H and O–H groups in total.